The summed E-state index contributed by atoms with van der Waals surface area (Å²) in [4.78, 5) is 101. The molecule has 6 aliphatic rings. The van der Waals surface area contributed by atoms with Gasteiger partial charge in [0.1, 0.15) is 41.0 Å². The summed E-state index contributed by atoms with van der Waals surface area (Å²) < 4.78 is 63.3. The van der Waals surface area contributed by atoms with Gasteiger partial charge in [-0.1, -0.05) is 279 Å². The van der Waals surface area contributed by atoms with Crippen molar-refractivity contribution >= 4 is 80.3 Å². The third-order valence-corrected chi connectivity index (χ3v) is 29.2. The lowest BCUT2D eigenvalue weighted by Gasteiger charge is -2.37. The number of halogens is 2. The highest BCUT2D eigenvalue weighted by molar-refractivity contribution is 7.90. The molecule has 3 aliphatic carbocycles. The molecule has 3 saturated carbocycles. The maximum atomic E-state index is 14.1. The quantitative estimate of drug-likeness (QED) is 0.0189. The summed E-state index contributed by atoms with van der Waals surface area (Å²) in [5, 5.41) is 0.687. The number of benzene rings is 11. The van der Waals surface area contributed by atoms with Gasteiger partial charge in [0.2, 0.25) is 53.2 Å². The van der Waals surface area contributed by atoms with E-state index in [4.69, 9.17) is 86.9 Å². The summed E-state index contributed by atoms with van der Waals surface area (Å²) in [5.41, 5.74) is 63.2. The van der Waals surface area contributed by atoms with Gasteiger partial charge in [-0.2, -0.15) is 0 Å². The van der Waals surface area contributed by atoms with Crippen molar-refractivity contribution < 1.29 is 79.6 Å². The largest absolute Gasteiger partial charge is 0.497 e. The molecule has 11 aromatic carbocycles. The Bertz CT molecular complexity index is 6220. The molecule has 1 saturated heterocycles. The number of hydrogen-bond donors (Lipinski definition) is 9. The minimum atomic E-state index is -3.16. The molecule has 26 nitrogen and oxygen atoms in total. The molecule has 3 aliphatic heterocycles. The van der Waals surface area contributed by atoms with E-state index in [-0.39, 0.29) is 141 Å². The van der Waals surface area contributed by atoms with E-state index in [0.29, 0.717) is 55.0 Å². The predicted molar refractivity (Wildman–Crippen MR) is 591 cm³/mol. The highest BCUT2D eigenvalue weighted by Gasteiger charge is 2.59. The van der Waals surface area contributed by atoms with E-state index in [1.54, 1.807) is 50.6 Å². The van der Waals surface area contributed by atoms with Crippen LogP contribution in [0.25, 0.3) is 11.1 Å². The van der Waals surface area contributed by atoms with Crippen LogP contribution in [0.15, 0.2) is 272 Å². The van der Waals surface area contributed by atoms with E-state index in [1.807, 2.05) is 156 Å². The van der Waals surface area contributed by atoms with E-state index in [2.05, 4.69) is 122 Å². The Kier molecular flexibility index (Phi) is 46.2. The fourth-order valence-electron chi connectivity index (χ4n) is 20.0. The molecule has 0 spiro atoms. The standard InChI is InChI=1S/C16H16FNO.C16H15NO.C15H21NO2.C14H20N2O2.C14H19NO2.C14H21NO.C11H15NO3S.C11H13NO2.C10H10ClNO2/c1-11(9-16(18)19)13-7-8-14(15(17)10-13)12-5-3-2-4-6-12;17-15(18)14-11-16(14,12-7-3-1-4-8-12)13-9-5-2-6-10-13;1-18-13-7-5-12(6-8-13)15(11-14(16)17)9-3-2-4-10-15;1-11(10-14(15)17)12-2-4-13(5-3-12)16-6-8-18-9-7-16;1-17-12-6-4-11(5-7-12)14(10-13(15)16)8-2-3-9-14;1-10(2)8-12-4-6-13(7-5-12)11(3)9-14(15)16;1-8(7-11(12)13)9-3-5-10(6-4-9)16(2,14)15;1-7-2-3-10-8(4-7)5-9(14-10)6-11(12)13;11-7-1-2-9-6(3-7)4-8(14-9)5-10(12)13/h2-8,10-11H,9H2,1H3,(H2,18,19);1-10,14H,11H2,(H2,17,18);5-8H,2-4,9-11H2,1H3,(H2,16,17);2-5,11H,6-10H2,1H3,(H2,15,17);4-7H,2-3,8-10H2,1H3,(H2,15,16);4-7,10-11H,8-9H2,1-3H3,(H2,15,16);3-6,8H,7H2,1-2H3,(H2,12,13);2-4,9H,5-6H2,1H3,(H2,12,13);1-3,8H,4-5H2,(H2,12,13). The molecule has 17 rings (SSSR count). The number of fused-ring (bicyclic) bond motifs is 2. The predicted octanol–water partition coefficient (Wildman–Crippen LogP) is 19.2. The lowest BCUT2D eigenvalue weighted by atomic mass is 9.67. The van der Waals surface area contributed by atoms with Gasteiger partial charge in [0.05, 0.1) is 51.1 Å². The smallest absolute Gasteiger partial charge is 0.221 e. The minimum absolute atomic E-state index is 0.00566. The number of morpholine rings is 1. The van der Waals surface area contributed by atoms with Gasteiger partial charge < -0.3 is 80.2 Å². The zero-order valence-corrected chi connectivity index (χ0v) is 89.6. The first-order valence-electron chi connectivity index (χ1n) is 51.2. The third kappa shape index (κ3) is 37.5. The topological polar surface area (TPSA) is 471 Å². The van der Waals surface area contributed by atoms with Crippen LogP contribution >= 0.6 is 11.6 Å². The molecular weight excluding hydrogens is 1940 g/mol. The van der Waals surface area contributed by atoms with Crippen molar-refractivity contribution in [2.24, 2.45) is 63.4 Å². The SMILES string of the molecule is CC(C)Cc1ccc(C(C)CC(N)=O)cc1.CC(CC(N)=O)c1ccc(-c2ccccc2)c(F)c1.CC(CC(N)=O)c1ccc(N2CCOCC2)cc1.CC(CC(N)=O)c1ccc(S(C)(=O)=O)cc1.COc1ccc(C2(CC(N)=O)CCCC2)cc1.COc1ccc(C2(CC(N)=O)CCCCC2)cc1.Cc1ccc2c(c1)CC(CC(N)=O)O2.NC(=O)C1CC1(c1ccccc1)c1ccccc1.NC(=O)CC1Cc2cc(Cl)ccc2O1. The number of hydrogen-bond acceptors (Lipinski definition) is 17. The second-order valence-corrected chi connectivity index (χ2v) is 42.7. The highest BCUT2D eigenvalue weighted by atomic mass is 35.5. The van der Waals surface area contributed by atoms with Crippen LogP contribution < -0.4 is 75.5 Å². The first-order chi connectivity index (χ1) is 71.4. The van der Waals surface area contributed by atoms with Crippen LogP contribution in [0.5, 0.6) is 23.0 Å². The Labute approximate surface area is 888 Å². The van der Waals surface area contributed by atoms with Crippen LogP contribution in [-0.2, 0) is 93.2 Å². The van der Waals surface area contributed by atoms with Crippen LogP contribution in [-0.4, -0.2) is 121 Å². The van der Waals surface area contributed by atoms with Crippen molar-refractivity contribution in [2.45, 2.75) is 240 Å². The number of carbonyl (C=O) groups excluding carboxylic acids is 9. The second kappa shape index (κ2) is 58.1. The van der Waals surface area contributed by atoms with Crippen LogP contribution in [0.1, 0.15) is 248 Å². The van der Waals surface area contributed by atoms with E-state index in [0.717, 1.165) is 128 Å². The molecule has 18 N–H and O–H groups in total. The fourth-order valence-corrected chi connectivity index (χ4v) is 20.8. The summed E-state index contributed by atoms with van der Waals surface area (Å²) in [6.45, 7) is 17.7. The van der Waals surface area contributed by atoms with Crippen molar-refractivity contribution in [3.05, 3.63) is 345 Å². The Morgan fingerprint density at radius 1 is 0.433 bits per heavy atom. The number of anilines is 1. The second-order valence-electron chi connectivity index (χ2n) is 40.3. The fraction of sp³-hybridized carbons (Fsp3) is 0.380. The number of ether oxygens (including phenoxy) is 5. The minimum Gasteiger partial charge on any atom is -0.497 e. The Hall–Kier alpha value is -14.2. The number of nitrogens with two attached hydrogens (primary N) is 9. The van der Waals surface area contributed by atoms with Gasteiger partial charge in [-0.05, 0) is 221 Å². The Morgan fingerprint density at radius 2 is 0.820 bits per heavy atom. The molecule has 9 amide bonds. The number of primary amides is 9. The number of aryl methyl sites for hydroxylation is 1. The molecule has 0 radical (unpaired) electrons. The summed E-state index contributed by atoms with van der Waals surface area (Å²) in [6, 6.07) is 85.8. The first-order valence-corrected chi connectivity index (χ1v) is 53.5. The number of nitrogens with zero attached hydrogens (tertiary/aromatic N) is 1. The van der Waals surface area contributed by atoms with Crippen LogP contribution in [0.2, 0.25) is 5.02 Å². The Morgan fingerprint density at radius 3 is 1.20 bits per heavy atom. The molecule has 150 heavy (non-hydrogen) atoms. The molecule has 4 fully saturated rings. The molecule has 7 atom stereocenters. The molecule has 7 unspecified atom stereocenters. The average Bonchev–Trinajstić information content (AvgIpc) is 1.55. The van der Waals surface area contributed by atoms with E-state index in [1.165, 1.54) is 88.4 Å². The first kappa shape index (κ1) is 119. The summed E-state index contributed by atoms with van der Waals surface area (Å²) >= 11 is 5.83. The van der Waals surface area contributed by atoms with Gasteiger partial charge in [-0.15, -0.1) is 0 Å². The van der Waals surface area contributed by atoms with Gasteiger partial charge in [0.25, 0.3) is 0 Å². The molecule has 3 heterocycles. The maximum Gasteiger partial charge on any atom is 0.221 e. The van der Waals surface area contributed by atoms with Crippen molar-refractivity contribution in [1.29, 1.82) is 0 Å². The van der Waals surface area contributed by atoms with Crippen LogP contribution in [0.3, 0.4) is 0 Å². The van der Waals surface area contributed by atoms with Gasteiger partial charge >= 0.3 is 0 Å². The zero-order valence-electron chi connectivity index (χ0n) is 88.0. The maximum absolute atomic E-state index is 14.1. The molecular formula is C121H150ClFN10O16S. The highest BCUT2D eigenvalue weighted by Crippen LogP contribution is 2.59. The van der Waals surface area contributed by atoms with Gasteiger partial charge in [0, 0.05) is 103 Å². The number of carbonyl (C=O) groups is 9. The molecule has 800 valence electrons. The van der Waals surface area contributed by atoms with E-state index >= 15 is 0 Å². The third-order valence-electron chi connectivity index (χ3n) is 27.8. The van der Waals surface area contributed by atoms with Gasteiger partial charge in [-0.3, -0.25) is 43.2 Å². The van der Waals surface area contributed by atoms with Crippen LogP contribution in [0, 0.1) is 24.6 Å². The van der Waals surface area contributed by atoms with Gasteiger partial charge in [-0.25, -0.2) is 12.8 Å². The number of amides is 9. The van der Waals surface area contributed by atoms with Crippen molar-refractivity contribution in [3.63, 3.8) is 0 Å². The van der Waals surface area contributed by atoms with Crippen molar-refractivity contribution in [1.82, 2.24) is 0 Å². The molecule has 0 bridgehead atoms. The summed E-state index contributed by atoms with van der Waals surface area (Å²) in [7, 11) is 0.158. The number of sulfone groups is 1. The molecule has 11 aromatic rings. The molecule has 0 aromatic heterocycles. The zero-order chi connectivity index (χ0) is 109. The van der Waals surface area contributed by atoms with E-state index in [9.17, 15) is 56.0 Å². The number of methoxy groups -OCH3 is 2. The normalized spacial score (nSPS) is 16.6. The van der Waals surface area contributed by atoms with Crippen molar-refractivity contribution in [3.8, 4) is 34.1 Å². The van der Waals surface area contributed by atoms with Crippen molar-refractivity contribution in [2.75, 3.05) is 51.7 Å². The lowest BCUT2D eigenvalue weighted by Crippen LogP contribution is -2.36. The lowest BCUT2D eigenvalue weighted by molar-refractivity contribution is -0.120. The van der Waals surface area contributed by atoms with E-state index < -0.39 is 9.84 Å². The van der Waals surface area contributed by atoms with Gasteiger partial charge in [0.15, 0.2) is 9.84 Å². The molecule has 29 heteroatoms. The monoisotopic (exact) mass is 2090 g/mol. The van der Waals surface area contributed by atoms with Crippen LogP contribution in [0.4, 0.5) is 10.1 Å². The summed E-state index contributed by atoms with van der Waals surface area (Å²) in [6.07, 6.45) is 17.4. The average molecular weight is 2090 g/mol. The number of rotatable bonds is 32. The summed E-state index contributed by atoms with van der Waals surface area (Å²) in [5.74, 6) is 1.56. The Balaban J connectivity index is 0.000000188.